The monoisotopic (exact) mass is 269 g/mol. The second kappa shape index (κ2) is 6.65. The zero-order valence-electron chi connectivity index (χ0n) is 12.5. The number of nitrogens with one attached hydrogen (secondary N) is 1. The largest absolute Gasteiger partial charge is 0.311 e. The van der Waals surface area contributed by atoms with Gasteiger partial charge in [-0.25, -0.2) is 0 Å². The molecule has 0 aromatic heterocycles. The lowest BCUT2D eigenvalue weighted by molar-refractivity contribution is 0.133. The van der Waals surface area contributed by atoms with Gasteiger partial charge in [-0.1, -0.05) is 27.2 Å². The minimum absolute atomic E-state index is 0.562. The van der Waals surface area contributed by atoms with E-state index >= 15 is 0 Å². The Morgan fingerprint density at radius 1 is 0.944 bits per heavy atom. The van der Waals surface area contributed by atoms with Crippen molar-refractivity contribution in [1.82, 2.24) is 5.32 Å². The average Bonchev–Trinajstić information content (AvgIpc) is 2.40. The van der Waals surface area contributed by atoms with E-state index in [2.05, 4.69) is 37.8 Å². The average molecular weight is 269 g/mol. The Hall–Kier alpha value is 0.310. The molecule has 2 aliphatic rings. The molecule has 1 nitrogen and oxygen atoms in total. The summed E-state index contributed by atoms with van der Waals surface area (Å²) in [6, 6.07) is 1.65. The summed E-state index contributed by atoms with van der Waals surface area (Å²) >= 11 is 2.13. The van der Waals surface area contributed by atoms with E-state index in [-0.39, 0.29) is 0 Å². The quantitative estimate of drug-likeness (QED) is 0.808. The van der Waals surface area contributed by atoms with Crippen molar-refractivity contribution in [3.8, 4) is 0 Å². The van der Waals surface area contributed by atoms with E-state index in [4.69, 9.17) is 0 Å². The molecule has 0 bridgehead atoms. The maximum atomic E-state index is 3.93. The lowest BCUT2D eigenvalue weighted by atomic mass is 9.69. The van der Waals surface area contributed by atoms with Crippen LogP contribution in [0.4, 0.5) is 0 Å². The summed E-state index contributed by atoms with van der Waals surface area (Å²) in [5.74, 6) is 3.70. The Kier molecular flexibility index (Phi) is 5.44. The molecule has 0 amide bonds. The van der Waals surface area contributed by atoms with E-state index < -0.39 is 0 Å². The van der Waals surface area contributed by atoms with Crippen LogP contribution in [0.25, 0.3) is 0 Å². The van der Waals surface area contributed by atoms with Gasteiger partial charge < -0.3 is 5.32 Å². The summed E-state index contributed by atoms with van der Waals surface area (Å²) in [5, 5.41) is 3.93. The minimum Gasteiger partial charge on any atom is -0.311 e. The number of hydrogen-bond donors (Lipinski definition) is 1. The van der Waals surface area contributed by atoms with Gasteiger partial charge in [0.15, 0.2) is 0 Å². The summed E-state index contributed by atoms with van der Waals surface area (Å²) in [4.78, 5) is 0. The Morgan fingerprint density at radius 3 is 2.06 bits per heavy atom. The third-order valence-corrected chi connectivity index (χ3v) is 6.49. The first kappa shape index (κ1) is 14.7. The predicted molar refractivity (Wildman–Crippen MR) is 83.3 cm³/mol. The van der Waals surface area contributed by atoms with Crippen molar-refractivity contribution in [2.45, 2.75) is 77.8 Å². The standard InChI is InChI=1S/C16H31NS/c1-4-16(2,3)13-5-7-14(8-6-13)17-15-9-11-18-12-10-15/h13-15,17H,4-12H2,1-3H3. The van der Waals surface area contributed by atoms with Gasteiger partial charge in [0, 0.05) is 12.1 Å². The second-order valence-corrected chi connectivity index (χ2v) is 8.17. The van der Waals surface area contributed by atoms with Crippen LogP contribution in [0.15, 0.2) is 0 Å². The summed E-state index contributed by atoms with van der Waals surface area (Å²) in [6.45, 7) is 7.28. The van der Waals surface area contributed by atoms with Gasteiger partial charge in [0.2, 0.25) is 0 Å². The number of rotatable bonds is 4. The van der Waals surface area contributed by atoms with Gasteiger partial charge in [-0.05, 0) is 61.4 Å². The molecule has 2 heteroatoms. The summed E-state index contributed by atoms with van der Waals surface area (Å²) < 4.78 is 0. The lowest BCUT2D eigenvalue weighted by Crippen LogP contribution is -2.43. The fourth-order valence-corrected chi connectivity index (χ4v) is 4.63. The maximum absolute atomic E-state index is 3.93. The molecule has 2 rings (SSSR count). The van der Waals surface area contributed by atoms with E-state index in [9.17, 15) is 0 Å². The van der Waals surface area contributed by atoms with Gasteiger partial charge in [0.25, 0.3) is 0 Å². The van der Waals surface area contributed by atoms with Crippen molar-refractivity contribution in [2.75, 3.05) is 11.5 Å². The first-order chi connectivity index (χ1) is 8.62. The third-order valence-electron chi connectivity index (χ3n) is 5.44. The molecule has 0 aromatic carbocycles. The Balaban J connectivity index is 1.73. The maximum Gasteiger partial charge on any atom is 0.00853 e. The van der Waals surface area contributed by atoms with Crippen molar-refractivity contribution in [1.29, 1.82) is 0 Å². The fraction of sp³-hybridized carbons (Fsp3) is 1.00. The molecule has 2 fully saturated rings. The Morgan fingerprint density at radius 2 is 1.50 bits per heavy atom. The first-order valence-electron chi connectivity index (χ1n) is 7.95. The van der Waals surface area contributed by atoms with E-state index in [1.807, 2.05) is 0 Å². The van der Waals surface area contributed by atoms with Gasteiger partial charge in [-0.15, -0.1) is 0 Å². The van der Waals surface area contributed by atoms with Crippen LogP contribution in [0.1, 0.15) is 65.7 Å². The fourth-order valence-electron chi connectivity index (χ4n) is 3.53. The number of hydrogen-bond acceptors (Lipinski definition) is 2. The molecule has 1 saturated carbocycles. The van der Waals surface area contributed by atoms with Crippen molar-refractivity contribution >= 4 is 11.8 Å². The van der Waals surface area contributed by atoms with E-state index in [1.165, 1.54) is 56.5 Å². The van der Waals surface area contributed by atoms with Crippen LogP contribution in [0, 0.1) is 11.3 Å². The minimum atomic E-state index is 0.562. The lowest BCUT2D eigenvalue weighted by Gasteiger charge is -2.40. The highest BCUT2D eigenvalue weighted by Gasteiger charge is 2.32. The van der Waals surface area contributed by atoms with Crippen LogP contribution in [-0.2, 0) is 0 Å². The Labute approximate surface area is 118 Å². The summed E-state index contributed by atoms with van der Waals surface area (Å²) in [6.07, 6.45) is 9.83. The molecule has 0 spiro atoms. The van der Waals surface area contributed by atoms with Gasteiger partial charge in [0.1, 0.15) is 0 Å². The van der Waals surface area contributed by atoms with Crippen LogP contribution >= 0.6 is 11.8 Å². The van der Waals surface area contributed by atoms with Crippen LogP contribution in [0.5, 0.6) is 0 Å². The molecule has 0 aromatic rings. The van der Waals surface area contributed by atoms with Gasteiger partial charge in [0.05, 0.1) is 0 Å². The van der Waals surface area contributed by atoms with Gasteiger partial charge >= 0.3 is 0 Å². The molecule has 0 unspecified atom stereocenters. The molecule has 106 valence electrons. The molecule has 0 radical (unpaired) electrons. The van der Waals surface area contributed by atoms with Crippen LogP contribution in [0.2, 0.25) is 0 Å². The van der Waals surface area contributed by atoms with Crippen LogP contribution < -0.4 is 5.32 Å². The summed E-state index contributed by atoms with van der Waals surface area (Å²) in [5.41, 5.74) is 0.562. The zero-order chi connectivity index (χ0) is 13.0. The highest BCUT2D eigenvalue weighted by molar-refractivity contribution is 7.99. The molecular formula is C16H31NS. The molecular weight excluding hydrogens is 238 g/mol. The molecule has 1 aliphatic heterocycles. The van der Waals surface area contributed by atoms with E-state index in [0.29, 0.717) is 5.41 Å². The van der Waals surface area contributed by atoms with Crippen molar-refractivity contribution in [3.05, 3.63) is 0 Å². The molecule has 18 heavy (non-hydrogen) atoms. The molecule has 0 atom stereocenters. The molecule has 1 aliphatic carbocycles. The SMILES string of the molecule is CCC(C)(C)C1CCC(NC2CCSCC2)CC1. The molecule has 1 heterocycles. The highest BCUT2D eigenvalue weighted by atomic mass is 32.2. The van der Waals surface area contributed by atoms with E-state index in [0.717, 1.165) is 18.0 Å². The Bertz CT molecular complexity index is 237. The normalized spacial score (nSPS) is 31.5. The predicted octanol–water partition coefficient (Wildman–Crippen LogP) is 4.47. The third kappa shape index (κ3) is 3.90. The zero-order valence-corrected chi connectivity index (χ0v) is 13.3. The first-order valence-corrected chi connectivity index (χ1v) is 9.11. The van der Waals surface area contributed by atoms with Crippen molar-refractivity contribution in [3.63, 3.8) is 0 Å². The highest BCUT2D eigenvalue weighted by Crippen LogP contribution is 2.40. The van der Waals surface area contributed by atoms with Crippen LogP contribution in [0.3, 0.4) is 0 Å². The van der Waals surface area contributed by atoms with Crippen LogP contribution in [-0.4, -0.2) is 23.6 Å². The van der Waals surface area contributed by atoms with E-state index in [1.54, 1.807) is 0 Å². The smallest absolute Gasteiger partial charge is 0.00853 e. The second-order valence-electron chi connectivity index (χ2n) is 6.94. The van der Waals surface area contributed by atoms with Gasteiger partial charge in [-0.2, -0.15) is 11.8 Å². The van der Waals surface area contributed by atoms with Crippen molar-refractivity contribution in [2.24, 2.45) is 11.3 Å². The molecule has 1 saturated heterocycles. The summed E-state index contributed by atoms with van der Waals surface area (Å²) in [7, 11) is 0. The topological polar surface area (TPSA) is 12.0 Å². The number of thioether (sulfide) groups is 1. The van der Waals surface area contributed by atoms with Crippen molar-refractivity contribution < 1.29 is 0 Å². The van der Waals surface area contributed by atoms with Gasteiger partial charge in [-0.3, -0.25) is 0 Å². The molecule has 1 N–H and O–H groups in total.